The van der Waals surface area contributed by atoms with Gasteiger partial charge < -0.3 is 5.21 Å². The first kappa shape index (κ1) is 11.6. The van der Waals surface area contributed by atoms with E-state index in [1.807, 2.05) is 0 Å². The molecule has 0 atom stereocenters. The van der Waals surface area contributed by atoms with Gasteiger partial charge in [0.25, 0.3) is 0 Å². The molecule has 0 heterocycles. The quantitative estimate of drug-likeness (QED) is 0.437. The number of hydrogen-bond acceptors (Lipinski definition) is 2. The molecule has 1 N–H and O–H groups in total. The van der Waals surface area contributed by atoms with Crippen LogP contribution in [0.25, 0.3) is 0 Å². The molecule has 0 bridgehead atoms. The van der Waals surface area contributed by atoms with E-state index in [0.717, 1.165) is 11.1 Å². The van der Waals surface area contributed by atoms with Gasteiger partial charge in [-0.1, -0.05) is 17.3 Å². The van der Waals surface area contributed by atoms with Gasteiger partial charge >= 0.3 is 6.18 Å². The Morgan fingerprint density at radius 3 is 2.20 bits per heavy atom. The molecule has 0 saturated heterocycles. The van der Waals surface area contributed by atoms with Crippen LogP contribution < -0.4 is 0 Å². The summed E-state index contributed by atoms with van der Waals surface area (Å²) in [5.41, 5.74) is 0.204. The van der Waals surface area contributed by atoms with Crippen molar-refractivity contribution in [3.63, 3.8) is 0 Å². The summed E-state index contributed by atoms with van der Waals surface area (Å²) in [5, 5.41) is 10.6. The van der Waals surface area contributed by atoms with Crippen LogP contribution in [0.2, 0.25) is 0 Å². The molecule has 1 aromatic carbocycles. The van der Waals surface area contributed by atoms with E-state index < -0.39 is 11.9 Å². The number of alkyl halides is 3. The molecule has 0 aliphatic heterocycles. The van der Waals surface area contributed by atoms with Gasteiger partial charge in [0.05, 0.1) is 0 Å². The number of nitrogens with zero attached hydrogens (tertiary/aromatic N) is 1. The van der Waals surface area contributed by atoms with Crippen LogP contribution in [-0.2, 0) is 0 Å². The lowest BCUT2D eigenvalue weighted by Crippen LogP contribution is -2.24. The minimum atomic E-state index is -4.64. The molecule has 5 heteroatoms. The van der Waals surface area contributed by atoms with Gasteiger partial charge in [-0.15, -0.1) is 0 Å². The maximum atomic E-state index is 12.3. The van der Waals surface area contributed by atoms with E-state index in [4.69, 9.17) is 5.21 Å². The zero-order chi connectivity index (χ0) is 11.6. The molecule has 0 aromatic heterocycles. The highest BCUT2D eigenvalue weighted by Gasteiger charge is 2.37. The molecule has 1 aromatic rings. The third-order valence-corrected chi connectivity index (χ3v) is 2.15. The molecule has 2 nitrogen and oxygen atoms in total. The Morgan fingerprint density at radius 2 is 1.80 bits per heavy atom. The van der Waals surface area contributed by atoms with Gasteiger partial charge in [-0.05, 0) is 31.0 Å². The highest BCUT2D eigenvalue weighted by Crippen LogP contribution is 2.23. The van der Waals surface area contributed by atoms with Crippen molar-refractivity contribution in [2.75, 3.05) is 0 Å². The lowest BCUT2D eigenvalue weighted by Gasteiger charge is -2.10. The Hall–Kier alpha value is -1.52. The fourth-order valence-electron chi connectivity index (χ4n) is 1.17. The molecule has 0 amide bonds. The summed E-state index contributed by atoms with van der Waals surface area (Å²) in [6.45, 7) is 3.49. The van der Waals surface area contributed by atoms with Crippen molar-refractivity contribution in [3.8, 4) is 0 Å². The van der Waals surface area contributed by atoms with Gasteiger partial charge in [-0.3, -0.25) is 0 Å². The molecule has 0 radical (unpaired) electrons. The van der Waals surface area contributed by atoms with Crippen LogP contribution in [0.3, 0.4) is 0 Å². The van der Waals surface area contributed by atoms with Gasteiger partial charge in [0, 0.05) is 5.56 Å². The molecule has 0 unspecified atom stereocenters. The third kappa shape index (κ3) is 2.49. The van der Waals surface area contributed by atoms with Crippen molar-refractivity contribution in [2.24, 2.45) is 5.16 Å². The summed E-state index contributed by atoms with van der Waals surface area (Å²) in [6, 6.07) is 4.18. The van der Waals surface area contributed by atoms with Gasteiger partial charge in [0.1, 0.15) is 0 Å². The van der Waals surface area contributed by atoms with E-state index in [9.17, 15) is 13.2 Å². The number of benzene rings is 1. The Morgan fingerprint density at radius 1 is 1.20 bits per heavy atom. The Kier molecular flexibility index (Phi) is 3.02. The van der Waals surface area contributed by atoms with Crippen LogP contribution in [0.15, 0.2) is 23.4 Å². The smallest absolute Gasteiger partial charge is 0.410 e. The van der Waals surface area contributed by atoms with Crippen LogP contribution >= 0.6 is 0 Å². The molecule has 0 saturated carbocycles. The molecule has 82 valence electrons. The van der Waals surface area contributed by atoms with Crippen molar-refractivity contribution in [3.05, 3.63) is 34.9 Å². The highest BCUT2D eigenvalue weighted by atomic mass is 19.4. The number of aryl methyl sites for hydroxylation is 2. The average molecular weight is 217 g/mol. The van der Waals surface area contributed by atoms with Crippen molar-refractivity contribution < 1.29 is 18.4 Å². The van der Waals surface area contributed by atoms with E-state index in [2.05, 4.69) is 5.16 Å². The first-order valence-electron chi connectivity index (χ1n) is 4.23. The van der Waals surface area contributed by atoms with Crippen LogP contribution in [-0.4, -0.2) is 17.1 Å². The van der Waals surface area contributed by atoms with Gasteiger partial charge in [0.2, 0.25) is 0 Å². The van der Waals surface area contributed by atoms with Crippen molar-refractivity contribution in [2.45, 2.75) is 20.0 Å². The Balaban J connectivity index is 3.21. The van der Waals surface area contributed by atoms with Crippen molar-refractivity contribution >= 4 is 5.71 Å². The second-order valence-electron chi connectivity index (χ2n) is 3.25. The maximum absolute atomic E-state index is 12.3. The molecule has 1 rings (SSSR count). The van der Waals surface area contributed by atoms with E-state index in [-0.39, 0.29) is 5.56 Å². The summed E-state index contributed by atoms with van der Waals surface area (Å²) in [7, 11) is 0. The molecule has 15 heavy (non-hydrogen) atoms. The van der Waals surface area contributed by atoms with Gasteiger partial charge in [-0.2, -0.15) is 13.2 Å². The molecule has 0 aliphatic rings. The maximum Gasteiger partial charge on any atom is 0.437 e. The zero-order valence-electron chi connectivity index (χ0n) is 8.26. The summed E-state index contributed by atoms with van der Waals surface area (Å²) in [5.74, 6) is 0. The number of hydrogen-bond donors (Lipinski definition) is 1. The minimum absolute atomic E-state index is 0.131. The van der Waals surface area contributed by atoms with Crippen LogP contribution in [0.1, 0.15) is 16.7 Å². The fourth-order valence-corrected chi connectivity index (χ4v) is 1.17. The van der Waals surface area contributed by atoms with Crippen molar-refractivity contribution in [1.82, 2.24) is 0 Å². The molecular weight excluding hydrogens is 207 g/mol. The van der Waals surface area contributed by atoms with E-state index in [0.29, 0.717) is 0 Å². The monoisotopic (exact) mass is 217 g/mol. The average Bonchev–Trinajstić information content (AvgIpc) is 2.10. The molecular formula is C10H10F3NO. The number of halogens is 3. The topological polar surface area (TPSA) is 32.6 Å². The first-order valence-corrected chi connectivity index (χ1v) is 4.23. The van der Waals surface area contributed by atoms with E-state index in [1.165, 1.54) is 12.1 Å². The summed E-state index contributed by atoms with van der Waals surface area (Å²) in [4.78, 5) is 0. The number of oxime groups is 1. The second kappa shape index (κ2) is 3.92. The second-order valence-corrected chi connectivity index (χ2v) is 3.25. The van der Waals surface area contributed by atoms with Crippen LogP contribution in [0, 0.1) is 13.8 Å². The fraction of sp³-hybridized carbons (Fsp3) is 0.300. The SMILES string of the molecule is Cc1ccc(/C(=N/O)C(F)(F)F)cc1C. The largest absolute Gasteiger partial charge is 0.437 e. The molecule has 0 fully saturated rings. The zero-order valence-corrected chi connectivity index (χ0v) is 8.26. The van der Waals surface area contributed by atoms with E-state index >= 15 is 0 Å². The molecule has 0 aliphatic carbocycles. The van der Waals surface area contributed by atoms with Crippen LogP contribution in [0.4, 0.5) is 13.2 Å². The standard InChI is InChI=1S/C10H10F3NO/c1-6-3-4-8(5-7(6)2)9(14-15)10(11,12)13/h3-5,15H,1-2H3/b14-9-. The van der Waals surface area contributed by atoms with Crippen molar-refractivity contribution in [1.29, 1.82) is 0 Å². The summed E-state index contributed by atoms with van der Waals surface area (Å²) in [6.07, 6.45) is -4.64. The first-order chi connectivity index (χ1) is 6.86. The highest BCUT2D eigenvalue weighted by molar-refractivity contribution is 6.04. The Bertz CT molecular complexity index is 396. The van der Waals surface area contributed by atoms with E-state index in [1.54, 1.807) is 19.9 Å². The third-order valence-electron chi connectivity index (χ3n) is 2.15. The summed E-state index contributed by atoms with van der Waals surface area (Å²) < 4.78 is 37.0. The Labute approximate surface area is 85.0 Å². The van der Waals surface area contributed by atoms with Gasteiger partial charge in [0.15, 0.2) is 5.71 Å². The lowest BCUT2D eigenvalue weighted by molar-refractivity contribution is -0.0601. The molecule has 0 spiro atoms. The predicted octanol–water partition coefficient (Wildman–Crippen LogP) is 3.04. The summed E-state index contributed by atoms with van der Waals surface area (Å²) >= 11 is 0. The van der Waals surface area contributed by atoms with Crippen LogP contribution in [0.5, 0.6) is 0 Å². The van der Waals surface area contributed by atoms with Gasteiger partial charge in [-0.25, -0.2) is 0 Å². The predicted molar refractivity (Wildman–Crippen MR) is 50.3 cm³/mol. The normalized spacial score (nSPS) is 13.0. The minimum Gasteiger partial charge on any atom is -0.410 e. The lowest BCUT2D eigenvalue weighted by atomic mass is 10.0. The number of rotatable bonds is 1.